The van der Waals surface area contributed by atoms with E-state index in [1.165, 1.54) is 193 Å². The van der Waals surface area contributed by atoms with E-state index in [0.717, 1.165) is 64.2 Å². The summed E-state index contributed by atoms with van der Waals surface area (Å²) >= 11 is 0. The van der Waals surface area contributed by atoms with Crippen molar-refractivity contribution in [3.05, 3.63) is 48.6 Å². The third kappa shape index (κ3) is 54.2. The summed E-state index contributed by atoms with van der Waals surface area (Å²) in [6.45, 7) is 6.58. The molecule has 0 fully saturated rings. The van der Waals surface area contributed by atoms with Crippen LogP contribution >= 0.6 is 0 Å². The highest BCUT2D eigenvalue weighted by Gasteiger charge is 2.19. The van der Waals surface area contributed by atoms with Crippen LogP contribution in [-0.4, -0.2) is 37.2 Å². The highest BCUT2D eigenvalue weighted by atomic mass is 16.6. The summed E-state index contributed by atoms with van der Waals surface area (Å²) in [5.74, 6) is -0.955. The molecule has 1 atom stereocenters. The Morgan fingerprint density at radius 1 is 0.299 bits per heavy atom. The second kappa shape index (κ2) is 56.0. The molecule has 0 heterocycles. The molecule has 0 saturated carbocycles. The van der Waals surface area contributed by atoms with Crippen LogP contribution in [0.15, 0.2) is 48.6 Å². The number of hydrogen-bond acceptors (Lipinski definition) is 6. The summed E-state index contributed by atoms with van der Waals surface area (Å²) in [4.78, 5) is 38.1. The normalized spacial score (nSPS) is 12.3. The van der Waals surface area contributed by atoms with E-state index >= 15 is 0 Å². The van der Waals surface area contributed by atoms with E-state index in [-0.39, 0.29) is 37.5 Å². The molecule has 0 aliphatic rings. The molecule has 0 aromatic carbocycles. The maximum atomic E-state index is 12.8. The van der Waals surface area contributed by atoms with E-state index < -0.39 is 6.10 Å². The Kier molecular flexibility index (Phi) is 53.8. The Morgan fingerprint density at radius 2 is 0.567 bits per heavy atom. The molecular weight excluding hydrogens is 829 g/mol. The molecule has 0 aliphatic heterocycles. The van der Waals surface area contributed by atoms with Gasteiger partial charge in [-0.15, -0.1) is 0 Å². The second-order valence-corrected chi connectivity index (χ2v) is 19.6. The van der Waals surface area contributed by atoms with Gasteiger partial charge in [0.25, 0.3) is 0 Å². The predicted molar refractivity (Wildman–Crippen MR) is 289 cm³/mol. The number of rotatable bonds is 53. The van der Waals surface area contributed by atoms with Crippen molar-refractivity contribution < 1.29 is 28.6 Å². The lowest BCUT2D eigenvalue weighted by molar-refractivity contribution is -0.166. The van der Waals surface area contributed by atoms with E-state index in [2.05, 4.69) is 63.3 Å². The Labute approximate surface area is 416 Å². The number of unbranched alkanes of at least 4 members (excludes halogenated alkanes) is 34. The molecular formula is C61H110O6. The highest BCUT2D eigenvalue weighted by Crippen LogP contribution is 2.16. The predicted octanol–water partition coefficient (Wildman–Crippen LogP) is 19.4. The zero-order valence-electron chi connectivity index (χ0n) is 44.7. The molecule has 67 heavy (non-hydrogen) atoms. The monoisotopic (exact) mass is 939 g/mol. The summed E-state index contributed by atoms with van der Waals surface area (Å²) in [6, 6.07) is 0. The van der Waals surface area contributed by atoms with E-state index in [9.17, 15) is 14.4 Å². The number of esters is 3. The first-order valence-corrected chi connectivity index (χ1v) is 29.1. The third-order valence-corrected chi connectivity index (χ3v) is 12.8. The fourth-order valence-corrected chi connectivity index (χ4v) is 8.41. The number of carbonyl (C=O) groups is 3. The molecule has 0 aromatic rings. The van der Waals surface area contributed by atoms with Gasteiger partial charge in [0.2, 0.25) is 0 Å². The average Bonchev–Trinajstić information content (AvgIpc) is 3.33. The second-order valence-electron chi connectivity index (χ2n) is 19.6. The topological polar surface area (TPSA) is 78.9 Å². The van der Waals surface area contributed by atoms with Crippen LogP contribution in [0.25, 0.3) is 0 Å². The molecule has 390 valence electrons. The lowest BCUT2D eigenvalue weighted by atomic mass is 10.0. The van der Waals surface area contributed by atoms with Gasteiger partial charge in [-0.3, -0.25) is 14.4 Å². The minimum absolute atomic E-state index is 0.0904. The molecule has 0 aliphatic carbocycles. The van der Waals surface area contributed by atoms with Gasteiger partial charge in [0.05, 0.1) is 0 Å². The van der Waals surface area contributed by atoms with Crippen molar-refractivity contribution in [2.75, 3.05) is 13.2 Å². The Hall–Kier alpha value is -2.63. The van der Waals surface area contributed by atoms with Crippen LogP contribution in [0.2, 0.25) is 0 Å². The first kappa shape index (κ1) is 64.4. The maximum Gasteiger partial charge on any atom is 0.306 e. The summed E-state index contributed by atoms with van der Waals surface area (Å²) in [7, 11) is 0. The van der Waals surface area contributed by atoms with Crippen molar-refractivity contribution in [1.29, 1.82) is 0 Å². The van der Waals surface area contributed by atoms with Gasteiger partial charge in [-0.2, -0.15) is 0 Å². The van der Waals surface area contributed by atoms with Crippen molar-refractivity contribution in [2.45, 2.75) is 309 Å². The standard InChI is InChI=1S/C61H110O6/c1-4-7-10-13-16-19-22-25-27-29-30-32-33-36-39-42-45-48-51-54-60(63)66-57-58(56-65-59(62)53-50-47-44-41-38-35-24-21-18-15-12-9-6-3)67-61(64)55-52-49-46-43-40-37-34-31-28-26-23-20-17-14-11-8-5-2/h17,20,26,28,35,38,44,47,58H,4-16,18-19,21-25,27,29-34,36-37,39-43,45-46,48-57H2,1-3H3/b20-17+,28-26+,38-35+,47-44+. The first-order chi connectivity index (χ1) is 33.0. The van der Waals surface area contributed by atoms with Crippen LogP contribution in [0.1, 0.15) is 303 Å². The summed E-state index contributed by atoms with van der Waals surface area (Å²) in [5.41, 5.74) is 0. The molecule has 0 radical (unpaired) electrons. The van der Waals surface area contributed by atoms with E-state index in [1.807, 2.05) is 6.08 Å². The van der Waals surface area contributed by atoms with Crippen molar-refractivity contribution in [2.24, 2.45) is 0 Å². The molecule has 0 saturated heterocycles. The number of carbonyl (C=O) groups excluding carboxylic acids is 3. The fourth-order valence-electron chi connectivity index (χ4n) is 8.41. The average molecular weight is 940 g/mol. The summed E-state index contributed by atoms with van der Waals surface area (Å²) < 4.78 is 16.8. The molecule has 0 amide bonds. The lowest BCUT2D eigenvalue weighted by Gasteiger charge is -2.18. The van der Waals surface area contributed by atoms with Crippen LogP contribution in [0.3, 0.4) is 0 Å². The third-order valence-electron chi connectivity index (χ3n) is 12.8. The quantitative estimate of drug-likeness (QED) is 0.0262. The number of ether oxygens (including phenoxy) is 3. The molecule has 0 bridgehead atoms. The largest absolute Gasteiger partial charge is 0.462 e. The van der Waals surface area contributed by atoms with Gasteiger partial charge in [0.1, 0.15) is 13.2 Å². The van der Waals surface area contributed by atoms with Crippen LogP contribution in [0.5, 0.6) is 0 Å². The number of allylic oxidation sites excluding steroid dienone is 8. The lowest BCUT2D eigenvalue weighted by Crippen LogP contribution is -2.30. The van der Waals surface area contributed by atoms with Crippen LogP contribution in [0.4, 0.5) is 0 Å². The van der Waals surface area contributed by atoms with Crippen molar-refractivity contribution in [3.8, 4) is 0 Å². The van der Waals surface area contributed by atoms with Gasteiger partial charge in [-0.05, 0) is 70.6 Å². The summed E-state index contributed by atoms with van der Waals surface area (Å²) in [5, 5.41) is 0. The zero-order chi connectivity index (χ0) is 48.6. The smallest absolute Gasteiger partial charge is 0.306 e. The zero-order valence-corrected chi connectivity index (χ0v) is 44.7. The minimum Gasteiger partial charge on any atom is -0.462 e. The molecule has 0 N–H and O–H groups in total. The van der Waals surface area contributed by atoms with Gasteiger partial charge in [0, 0.05) is 19.3 Å². The van der Waals surface area contributed by atoms with Gasteiger partial charge in [-0.1, -0.05) is 262 Å². The minimum atomic E-state index is -0.798. The van der Waals surface area contributed by atoms with Crippen LogP contribution < -0.4 is 0 Å². The van der Waals surface area contributed by atoms with Gasteiger partial charge >= 0.3 is 17.9 Å². The van der Waals surface area contributed by atoms with Crippen molar-refractivity contribution >= 4 is 17.9 Å². The van der Waals surface area contributed by atoms with Crippen LogP contribution in [-0.2, 0) is 28.6 Å². The fraction of sp³-hybridized carbons (Fsp3) is 0.820. The number of hydrogen-bond donors (Lipinski definition) is 0. The molecule has 1 unspecified atom stereocenters. The van der Waals surface area contributed by atoms with E-state index in [4.69, 9.17) is 14.2 Å². The first-order valence-electron chi connectivity index (χ1n) is 29.1. The van der Waals surface area contributed by atoms with E-state index in [0.29, 0.717) is 19.3 Å². The van der Waals surface area contributed by atoms with E-state index in [1.54, 1.807) is 0 Å². The van der Waals surface area contributed by atoms with Gasteiger partial charge in [-0.25, -0.2) is 0 Å². The van der Waals surface area contributed by atoms with Crippen LogP contribution in [0, 0.1) is 0 Å². The van der Waals surface area contributed by atoms with Gasteiger partial charge < -0.3 is 14.2 Å². The molecule has 6 nitrogen and oxygen atoms in total. The summed E-state index contributed by atoms with van der Waals surface area (Å²) in [6.07, 6.45) is 68.3. The molecule has 0 rings (SSSR count). The maximum absolute atomic E-state index is 12.8. The highest BCUT2D eigenvalue weighted by molar-refractivity contribution is 5.71. The van der Waals surface area contributed by atoms with Crippen molar-refractivity contribution in [3.63, 3.8) is 0 Å². The SMILES string of the molecule is CCCCC/C=C/C/C=C/CCCCCCCCCC(=O)OC(COC(=O)CC/C=C/C/C=C/CCCCCCCC)COC(=O)CCCCCCCCCCCCCCCCCCCCC. The van der Waals surface area contributed by atoms with Crippen molar-refractivity contribution in [1.82, 2.24) is 0 Å². The molecule has 0 aromatic heterocycles. The Balaban J connectivity index is 4.37. The molecule has 6 heteroatoms. The Morgan fingerprint density at radius 3 is 0.940 bits per heavy atom. The Bertz CT molecular complexity index is 1170. The molecule has 0 spiro atoms. The van der Waals surface area contributed by atoms with Gasteiger partial charge in [0.15, 0.2) is 6.10 Å².